The summed E-state index contributed by atoms with van der Waals surface area (Å²) in [6.07, 6.45) is 0. The summed E-state index contributed by atoms with van der Waals surface area (Å²) in [6.45, 7) is 4.33. The molecule has 2 aromatic heterocycles. The summed E-state index contributed by atoms with van der Waals surface area (Å²) in [5.41, 5.74) is 1.91. The molecule has 1 N–H and O–H groups in total. The Labute approximate surface area is 113 Å². The molecule has 0 spiro atoms. The molecule has 0 aliphatic carbocycles. The first-order valence-corrected chi connectivity index (χ1v) is 7.16. The molecule has 0 fully saturated rings. The van der Waals surface area contributed by atoms with Gasteiger partial charge in [0.25, 0.3) is 0 Å². The van der Waals surface area contributed by atoms with E-state index in [2.05, 4.69) is 11.8 Å². The highest BCUT2D eigenvalue weighted by molar-refractivity contribution is 7.10. The van der Waals surface area contributed by atoms with Gasteiger partial charge >= 0.3 is 4.87 Å². The van der Waals surface area contributed by atoms with Crippen LogP contribution in [-0.4, -0.2) is 16.3 Å². The average Bonchev–Trinajstić information content (AvgIpc) is 2.87. The molecular formula is C13H13NO2S2. The summed E-state index contributed by atoms with van der Waals surface area (Å²) in [4.78, 5) is 14.0. The molecule has 18 heavy (non-hydrogen) atoms. The van der Waals surface area contributed by atoms with E-state index in [1.54, 1.807) is 15.9 Å². The predicted molar refractivity (Wildman–Crippen MR) is 75.4 cm³/mol. The number of aliphatic hydroxyl groups is 1. The SMILES string of the molecule is Cc1sc(=O)n(Cc2sccc2C#CCO)c1C. The Bertz CT molecular complexity index is 667. The quantitative estimate of drug-likeness (QED) is 0.854. The van der Waals surface area contributed by atoms with Gasteiger partial charge in [-0.2, -0.15) is 0 Å². The first-order valence-electron chi connectivity index (χ1n) is 5.46. The van der Waals surface area contributed by atoms with Crippen molar-refractivity contribution in [3.63, 3.8) is 0 Å². The highest BCUT2D eigenvalue weighted by Gasteiger charge is 2.10. The van der Waals surface area contributed by atoms with E-state index in [0.717, 1.165) is 21.0 Å². The van der Waals surface area contributed by atoms with Gasteiger partial charge in [-0.3, -0.25) is 9.36 Å². The molecule has 0 amide bonds. The fourth-order valence-corrected chi connectivity index (χ4v) is 3.27. The van der Waals surface area contributed by atoms with Gasteiger partial charge in [-0.25, -0.2) is 0 Å². The molecule has 0 aromatic carbocycles. The molecule has 2 heterocycles. The molecule has 94 valence electrons. The van der Waals surface area contributed by atoms with E-state index >= 15 is 0 Å². The lowest BCUT2D eigenvalue weighted by Crippen LogP contribution is -2.15. The Hall–Kier alpha value is -1.35. The topological polar surface area (TPSA) is 42.2 Å². The number of aromatic nitrogens is 1. The van der Waals surface area contributed by atoms with E-state index in [-0.39, 0.29) is 11.5 Å². The van der Waals surface area contributed by atoms with Gasteiger partial charge < -0.3 is 5.11 Å². The Morgan fingerprint density at radius 2 is 2.22 bits per heavy atom. The second-order valence-corrected chi connectivity index (χ2v) is 5.98. The van der Waals surface area contributed by atoms with Crippen LogP contribution in [0, 0.1) is 25.7 Å². The Morgan fingerprint density at radius 3 is 2.83 bits per heavy atom. The van der Waals surface area contributed by atoms with Gasteiger partial charge in [-0.1, -0.05) is 23.2 Å². The average molecular weight is 279 g/mol. The maximum atomic E-state index is 11.8. The third-order valence-electron chi connectivity index (χ3n) is 2.72. The highest BCUT2D eigenvalue weighted by atomic mass is 32.1. The number of thiazole rings is 1. The van der Waals surface area contributed by atoms with Crippen LogP contribution in [-0.2, 0) is 6.54 Å². The molecule has 0 unspecified atom stereocenters. The highest BCUT2D eigenvalue weighted by Crippen LogP contribution is 2.19. The summed E-state index contributed by atoms with van der Waals surface area (Å²) in [7, 11) is 0. The fourth-order valence-electron chi connectivity index (χ4n) is 1.62. The Morgan fingerprint density at radius 1 is 1.44 bits per heavy atom. The van der Waals surface area contributed by atoms with Gasteiger partial charge in [0, 0.05) is 21.0 Å². The smallest absolute Gasteiger partial charge is 0.307 e. The summed E-state index contributed by atoms with van der Waals surface area (Å²) in [5, 5.41) is 10.7. The second kappa shape index (κ2) is 5.53. The van der Waals surface area contributed by atoms with Gasteiger partial charge in [0.15, 0.2) is 0 Å². The number of nitrogens with zero attached hydrogens (tertiary/aromatic N) is 1. The largest absolute Gasteiger partial charge is 0.384 e. The van der Waals surface area contributed by atoms with Gasteiger partial charge in [-0.15, -0.1) is 11.3 Å². The lowest BCUT2D eigenvalue weighted by molar-refractivity contribution is 0.350. The van der Waals surface area contributed by atoms with Gasteiger partial charge in [0.2, 0.25) is 0 Å². The summed E-state index contributed by atoms with van der Waals surface area (Å²) >= 11 is 2.86. The first-order chi connectivity index (χ1) is 8.63. The van der Waals surface area contributed by atoms with Crippen LogP contribution >= 0.6 is 22.7 Å². The number of thiophene rings is 1. The van der Waals surface area contributed by atoms with Crippen molar-refractivity contribution in [3.05, 3.63) is 42.1 Å². The molecule has 2 aromatic rings. The van der Waals surface area contributed by atoms with Crippen LogP contribution in [0.25, 0.3) is 0 Å². The minimum Gasteiger partial charge on any atom is -0.384 e. The molecule has 5 heteroatoms. The van der Waals surface area contributed by atoms with Gasteiger partial charge in [0.1, 0.15) is 6.61 Å². The second-order valence-electron chi connectivity index (χ2n) is 3.81. The minimum absolute atomic E-state index is 0.0690. The third kappa shape index (κ3) is 2.56. The molecule has 0 saturated heterocycles. The summed E-state index contributed by atoms with van der Waals surface area (Å²) in [5.74, 6) is 5.55. The van der Waals surface area contributed by atoms with Crippen LogP contribution in [0.4, 0.5) is 0 Å². The molecule has 3 nitrogen and oxygen atoms in total. The number of aliphatic hydroxyl groups excluding tert-OH is 1. The first kappa shape index (κ1) is 13.1. The third-order valence-corrected chi connectivity index (χ3v) is 4.63. The molecule has 0 aliphatic heterocycles. The lowest BCUT2D eigenvalue weighted by atomic mass is 10.2. The van der Waals surface area contributed by atoms with Crippen molar-refractivity contribution < 1.29 is 5.11 Å². The Balaban J connectivity index is 2.35. The molecule has 2 rings (SSSR count). The molecular weight excluding hydrogens is 266 g/mol. The molecule has 0 aliphatic rings. The molecule has 0 atom stereocenters. The maximum absolute atomic E-state index is 11.8. The van der Waals surface area contributed by atoms with E-state index in [9.17, 15) is 4.79 Å². The van der Waals surface area contributed by atoms with Gasteiger partial charge in [-0.05, 0) is 25.3 Å². The summed E-state index contributed by atoms with van der Waals surface area (Å²) < 4.78 is 1.77. The standard InChI is InChI=1S/C13H13NO2S2/c1-9-10(2)18-13(16)14(9)8-12-11(4-3-6-15)5-7-17-12/h5,7,15H,6,8H2,1-2H3. The number of hydrogen-bond donors (Lipinski definition) is 1. The van der Waals surface area contributed by atoms with E-state index < -0.39 is 0 Å². The van der Waals surface area contributed by atoms with Crippen LogP contribution in [0.1, 0.15) is 21.0 Å². The summed E-state index contributed by atoms with van der Waals surface area (Å²) in [6, 6.07) is 1.92. The van der Waals surface area contributed by atoms with E-state index in [1.807, 2.05) is 25.3 Å². The van der Waals surface area contributed by atoms with E-state index in [4.69, 9.17) is 5.11 Å². The van der Waals surface area contributed by atoms with Crippen molar-refractivity contribution in [1.29, 1.82) is 0 Å². The maximum Gasteiger partial charge on any atom is 0.307 e. The fraction of sp³-hybridized carbons (Fsp3) is 0.308. The van der Waals surface area contributed by atoms with Crippen molar-refractivity contribution >= 4 is 22.7 Å². The molecule has 0 radical (unpaired) electrons. The molecule has 0 bridgehead atoms. The van der Waals surface area contributed by atoms with Crippen molar-refractivity contribution in [2.75, 3.05) is 6.61 Å². The Kier molecular flexibility index (Phi) is 4.02. The molecule has 0 saturated carbocycles. The van der Waals surface area contributed by atoms with Crippen molar-refractivity contribution in [3.8, 4) is 11.8 Å². The van der Waals surface area contributed by atoms with Crippen LogP contribution < -0.4 is 4.87 Å². The van der Waals surface area contributed by atoms with Crippen molar-refractivity contribution in [2.45, 2.75) is 20.4 Å². The monoisotopic (exact) mass is 279 g/mol. The van der Waals surface area contributed by atoms with Crippen LogP contribution in [0.15, 0.2) is 16.2 Å². The van der Waals surface area contributed by atoms with Crippen LogP contribution in [0.2, 0.25) is 0 Å². The zero-order valence-corrected chi connectivity index (χ0v) is 11.8. The van der Waals surface area contributed by atoms with Crippen molar-refractivity contribution in [1.82, 2.24) is 4.57 Å². The van der Waals surface area contributed by atoms with Crippen LogP contribution in [0.5, 0.6) is 0 Å². The predicted octanol–water partition coefficient (Wildman–Crippen LogP) is 1.98. The minimum atomic E-state index is -0.147. The van der Waals surface area contributed by atoms with Crippen molar-refractivity contribution in [2.24, 2.45) is 0 Å². The van der Waals surface area contributed by atoms with Crippen LogP contribution in [0.3, 0.4) is 0 Å². The number of aryl methyl sites for hydroxylation is 1. The zero-order valence-electron chi connectivity index (χ0n) is 10.2. The number of hydrogen-bond acceptors (Lipinski definition) is 4. The zero-order chi connectivity index (χ0) is 13.1. The van der Waals surface area contributed by atoms with E-state index in [0.29, 0.717) is 6.54 Å². The van der Waals surface area contributed by atoms with E-state index in [1.165, 1.54) is 11.3 Å². The van der Waals surface area contributed by atoms with Gasteiger partial charge in [0.05, 0.1) is 6.54 Å². The number of rotatable bonds is 2. The normalized spacial score (nSPS) is 10.2. The lowest BCUT2D eigenvalue weighted by Gasteiger charge is -2.03.